The summed E-state index contributed by atoms with van der Waals surface area (Å²) in [5.41, 5.74) is 1.68. The van der Waals surface area contributed by atoms with Crippen LogP contribution in [0.3, 0.4) is 0 Å². The Labute approximate surface area is 231 Å². The second-order valence-corrected chi connectivity index (χ2v) is 10.5. The average molecular weight is 555 g/mol. The van der Waals surface area contributed by atoms with Crippen LogP contribution in [0.5, 0.6) is 0 Å². The Morgan fingerprint density at radius 1 is 1.21 bits per heavy atom. The van der Waals surface area contributed by atoms with Crippen molar-refractivity contribution in [3.05, 3.63) is 70.8 Å². The van der Waals surface area contributed by atoms with Crippen LogP contribution in [0.4, 0.5) is 4.79 Å². The zero-order valence-corrected chi connectivity index (χ0v) is 23.3. The number of aromatic nitrogens is 2. The van der Waals surface area contributed by atoms with E-state index in [4.69, 9.17) is 14.2 Å². The van der Waals surface area contributed by atoms with E-state index in [-0.39, 0.29) is 19.6 Å². The van der Waals surface area contributed by atoms with Gasteiger partial charge in [0.2, 0.25) is 5.91 Å². The number of ether oxygens (including phenoxy) is 3. The Balaban J connectivity index is 1.68. The smallest absolute Gasteiger partial charge is 0.408 e. The number of rotatable bonds is 12. The molecule has 3 N–H and O–H groups in total. The third kappa shape index (κ3) is 9.08. The fourth-order valence-corrected chi connectivity index (χ4v) is 4.49. The van der Waals surface area contributed by atoms with Crippen LogP contribution in [0.25, 0.3) is 17.0 Å². The molecule has 0 unspecified atom stereocenters. The topological polar surface area (TPSA) is 132 Å². The molecular weight excluding hydrogens is 520 g/mol. The first-order chi connectivity index (χ1) is 18.6. The third-order valence-corrected chi connectivity index (χ3v) is 6.29. The number of nitrogens with one attached hydrogen (secondary N) is 3. The molecule has 3 aromatic rings. The van der Waals surface area contributed by atoms with E-state index in [0.29, 0.717) is 10.7 Å². The van der Waals surface area contributed by atoms with Gasteiger partial charge in [-0.2, -0.15) is 0 Å². The summed E-state index contributed by atoms with van der Waals surface area (Å²) >= 11 is 1.31. The summed E-state index contributed by atoms with van der Waals surface area (Å²) in [6.07, 6.45) is 5.78. The van der Waals surface area contributed by atoms with Crippen LogP contribution >= 0.6 is 11.3 Å². The minimum absolute atomic E-state index is 0.0382. The number of fused-ring (bicyclic) bond motifs is 1. The lowest BCUT2D eigenvalue weighted by molar-refractivity contribution is -0.146. The molecule has 2 aromatic heterocycles. The van der Waals surface area contributed by atoms with Crippen molar-refractivity contribution in [2.75, 3.05) is 20.3 Å². The molecule has 11 heteroatoms. The molecule has 0 radical (unpaired) electrons. The molecule has 0 fully saturated rings. The number of carbonyl (C=O) groups excluding carboxylic acids is 3. The largest absolute Gasteiger partial charge is 0.460 e. The molecule has 0 aliphatic heterocycles. The summed E-state index contributed by atoms with van der Waals surface area (Å²) < 4.78 is 15.8. The predicted octanol–water partition coefficient (Wildman–Crippen LogP) is 4.31. The maximum atomic E-state index is 12.8. The highest BCUT2D eigenvalue weighted by atomic mass is 32.1. The Hall–Kier alpha value is -3.96. The average Bonchev–Trinajstić information content (AvgIpc) is 3.52. The number of nitrogens with zero attached hydrogens (tertiary/aromatic N) is 1. The number of benzene rings is 1. The van der Waals surface area contributed by atoms with Gasteiger partial charge in [-0.05, 0) is 38.5 Å². The van der Waals surface area contributed by atoms with Crippen molar-refractivity contribution in [2.45, 2.75) is 44.9 Å². The van der Waals surface area contributed by atoms with E-state index in [2.05, 4.69) is 27.2 Å². The normalized spacial score (nSPS) is 13.1. The van der Waals surface area contributed by atoms with Gasteiger partial charge in [-0.15, -0.1) is 11.3 Å². The van der Waals surface area contributed by atoms with Gasteiger partial charge in [0.05, 0.1) is 12.3 Å². The Kier molecular flexibility index (Phi) is 10.4. The van der Waals surface area contributed by atoms with E-state index in [0.717, 1.165) is 16.5 Å². The van der Waals surface area contributed by atoms with Gasteiger partial charge in [0.1, 0.15) is 29.3 Å². The molecule has 1 aromatic carbocycles. The highest BCUT2D eigenvalue weighted by Crippen LogP contribution is 2.21. The van der Waals surface area contributed by atoms with Crippen LogP contribution in [0, 0.1) is 0 Å². The van der Waals surface area contributed by atoms with Crippen LogP contribution in [-0.2, 0) is 30.2 Å². The predicted molar refractivity (Wildman–Crippen MR) is 150 cm³/mol. The van der Waals surface area contributed by atoms with Gasteiger partial charge in [0, 0.05) is 42.1 Å². The van der Waals surface area contributed by atoms with Gasteiger partial charge in [-0.25, -0.2) is 14.6 Å². The molecule has 2 atom stereocenters. The van der Waals surface area contributed by atoms with Crippen LogP contribution in [0.1, 0.15) is 43.1 Å². The standard InChI is InChI=1S/C28H34N4O6S/c1-6-13-37-26(34)22(14-18-15-29-21-10-8-7-9-20(18)21)31-24(33)12-11-19-17-39-25(30-19)23(16-36-5)32-27(35)38-28(2,3)4/h6-12,15,17,22-23,29H,1,13-14,16H2,2-5H3,(H,31,33)(H,32,35)/b12-11+/t22-,23-/m0/s1. The van der Waals surface area contributed by atoms with Crippen LogP contribution in [0.2, 0.25) is 0 Å². The first-order valence-electron chi connectivity index (χ1n) is 12.3. The number of hydrogen-bond acceptors (Lipinski definition) is 8. The van der Waals surface area contributed by atoms with Crippen molar-refractivity contribution >= 4 is 46.3 Å². The summed E-state index contributed by atoms with van der Waals surface area (Å²) in [6, 6.07) is 6.29. The van der Waals surface area contributed by atoms with Crippen molar-refractivity contribution < 1.29 is 28.6 Å². The molecule has 0 aliphatic rings. The molecule has 2 heterocycles. The van der Waals surface area contributed by atoms with Gasteiger partial charge in [0.25, 0.3) is 0 Å². The number of amides is 2. The Morgan fingerprint density at radius 2 is 1.97 bits per heavy atom. The molecule has 0 spiro atoms. The zero-order valence-electron chi connectivity index (χ0n) is 22.5. The zero-order chi connectivity index (χ0) is 28.4. The van der Waals surface area contributed by atoms with Gasteiger partial charge >= 0.3 is 12.1 Å². The number of alkyl carbamates (subject to hydrolysis) is 1. The molecule has 0 saturated heterocycles. The number of H-pyrrole nitrogens is 1. The Bertz CT molecular complexity index is 1320. The fraction of sp³-hybridized carbons (Fsp3) is 0.357. The lowest BCUT2D eigenvalue weighted by Gasteiger charge is -2.22. The maximum Gasteiger partial charge on any atom is 0.408 e. The molecule has 39 heavy (non-hydrogen) atoms. The van der Waals surface area contributed by atoms with Crippen LogP contribution in [-0.4, -0.2) is 59.9 Å². The summed E-state index contributed by atoms with van der Waals surface area (Å²) in [6.45, 7) is 9.13. The second-order valence-electron chi connectivity index (χ2n) is 9.64. The Morgan fingerprint density at radius 3 is 2.69 bits per heavy atom. The SMILES string of the molecule is C=CCOC(=O)[C@H](Cc1c[nH]c2ccccc12)NC(=O)/C=C/c1csc([C@H](COC)NC(=O)OC(C)(C)C)n1. The van der Waals surface area contributed by atoms with E-state index in [1.54, 1.807) is 26.2 Å². The molecule has 2 amide bonds. The van der Waals surface area contributed by atoms with Gasteiger partial charge in [-0.3, -0.25) is 4.79 Å². The maximum absolute atomic E-state index is 12.8. The number of para-hydroxylation sites is 1. The lowest BCUT2D eigenvalue weighted by Crippen LogP contribution is -2.42. The molecule has 208 valence electrons. The molecule has 0 aliphatic carbocycles. The molecule has 0 bridgehead atoms. The summed E-state index contributed by atoms with van der Waals surface area (Å²) in [5.74, 6) is -1.04. The minimum Gasteiger partial charge on any atom is -0.460 e. The van der Waals surface area contributed by atoms with Crippen LogP contribution < -0.4 is 10.6 Å². The van der Waals surface area contributed by atoms with E-state index < -0.39 is 35.7 Å². The van der Waals surface area contributed by atoms with Crippen molar-refractivity contribution in [3.8, 4) is 0 Å². The summed E-state index contributed by atoms with van der Waals surface area (Å²) in [5, 5.41) is 8.79. The summed E-state index contributed by atoms with van der Waals surface area (Å²) in [4.78, 5) is 45.4. The second kappa shape index (κ2) is 13.7. The summed E-state index contributed by atoms with van der Waals surface area (Å²) in [7, 11) is 1.52. The highest BCUT2D eigenvalue weighted by molar-refractivity contribution is 7.09. The highest BCUT2D eigenvalue weighted by Gasteiger charge is 2.24. The monoisotopic (exact) mass is 554 g/mol. The van der Waals surface area contributed by atoms with Crippen LogP contribution in [0.15, 0.2) is 54.6 Å². The number of esters is 1. The number of thiazole rings is 1. The molecular formula is C28H34N4O6S. The molecule has 3 rings (SSSR count). The van der Waals surface area contributed by atoms with E-state index >= 15 is 0 Å². The minimum atomic E-state index is -0.906. The third-order valence-electron chi connectivity index (χ3n) is 5.31. The van der Waals surface area contributed by atoms with E-state index in [9.17, 15) is 14.4 Å². The number of methoxy groups -OCH3 is 1. The first-order valence-corrected chi connectivity index (χ1v) is 13.2. The number of hydrogen-bond donors (Lipinski definition) is 3. The van der Waals surface area contributed by atoms with Gasteiger partial charge < -0.3 is 29.8 Å². The van der Waals surface area contributed by atoms with Crippen molar-refractivity contribution in [2.24, 2.45) is 0 Å². The molecule has 0 saturated carbocycles. The fourth-order valence-electron chi connectivity index (χ4n) is 3.66. The van der Waals surface area contributed by atoms with Crippen molar-refractivity contribution in [3.63, 3.8) is 0 Å². The number of carbonyl (C=O) groups is 3. The van der Waals surface area contributed by atoms with E-state index in [1.807, 2.05) is 30.5 Å². The molecule has 10 nitrogen and oxygen atoms in total. The lowest BCUT2D eigenvalue weighted by atomic mass is 10.0. The van der Waals surface area contributed by atoms with Crippen molar-refractivity contribution in [1.82, 2.24) is 20.6 Å². The van der Waals surface area contributed by atoms with E-state index in [1.165, 1.54) is 36.7 Å². The van der Waals surface area contributed by atoms with Gasteiger partial charge in [0.15, 0.2) is 0 Å². The first kappa shape index (κ1) is 29.6. The number of aromatic amines is 1. The van der Waals surface area contributed by atoms with Crippen molar-refractivity contribution in [1.29, 1.82) is 0 Å². The van der Waals surface area contributed by atoms with Gasteiger partial charge in [-0.1, -0.05) is 30.9 Å². The quantitative estimate of drug-likeness (QED) is 0.173.